The lowest BCUT2D eigenvalue weighted by atomic mass is 10.2. The molecule has 0 heterocycles. The van der Waals surface area contributed by atoms with Crippen molar-refractivity contribution in [2.24, 2.45) is 0 Å². The zero-order chi connectivity index (χ0) is 14.6. The summed E-state index contributed by atoms with van der Waals surface area (Å²) in [5.74, 6) is 0. The number of hydrogen-bond acceptors (Lipinski definition) is 4. The molecule has 106 valence electrons. The van der Waals surface area contributed by atoms with Crippen LogP contribution in [-0.2, 0) is 10.0 Å². The average molecular weight is 305 g/mol. The SMILES string of the molecule is C=CCN(CCO)S(=O)(=O)c1cc(N)c(Cl)cc1C. The van der Waals surface area contributed by atoms with Gasteiger partial charge in [0.25, 0.3) is 0 Å². The van der Waals surface area contributed by atoms with Crippen molar-refractivity contribution in [3.8, 4) is 0 Å². The van der Waals surface area contributed by atoms with Gasteiger partial charge in [0.05, 0.1) is 22.2 Å². The Kier molecular flexibility index (Phi) is 5.37. The van der Waals surface area contributed by atoms with Gasteiger partial charge in [-0.1, -0.05) is 17.7 Å². The summed E-state index contributed by atoms with van der Waals surface area (Å²) in [5, 5.41) is 9.27. The molecule has 0 atom stereocenters. The minimum Gasteiger partial charge on any atom is -0.397 e. The second-order valence-electron chi connectivity index (χ2n) is 4.01. The Hall–Kier alpha value is -1.08. The van der Waals surface area contributed by atoms with E-state index in [1.54, 1.807) is 6.92 Å². The van der Waals surface area contributed by atoms with Crippen LogP contribution in [0.4, 0.5) is 5.69 Å². The maximum Gasteiger partial charge on any atom is 0.243 e. The number of aliphatic hydroxyl groups is 1. The van der Waals surface area contributed by atoms with E-state index in [0.29, 0.717) is 10.6 Å². The number of benzene rings is 1. The summed E-state index contributed by atoms with van der Waals surface area (Å²) in [5.41, 5.74) is 6.36. The monoisotopic (exact) mass is 304 g/mol. The van der Waals surface area contributed by atoms with E-state index >= 15 is 0 Å². The molecule has 1 aromatic rings. The summed E-state index contributed by atoms with van der Waals surface area (Å²) in [6.45, 7) is 5.00. The highest BCUT2D eigenvalue weighted by atomic mass is 35.5. The first-order valence-electron chi connectivity index (χ1n) is 5.62. The molecule has 7 heteroatoms. The van der Waals surface area contributed by atoms with E-state index in [-0.39, 0.29) is 30.3 Å². The smallest absolute Gasteiger partial charge is 0.243 e. The molecule has 0 unspecified atom stereocenters. The molecule has 0 aromatic heterocycles. The fourth-order valence-electron chi connectivity index (χ4n) is 1.65. The van der Waals surface area contributed by atoms with E-state index in [9.17, 15) is 8.42 Å². The van der Waals surface area contributed by atoms with Gasteiger partial charge in [0.1, 0.15) is 0 Å². The van der Waals surface area contributed by atoms with Crippen LogP contribution in [0.2, 0.25) is 5.02 Å². The molecule has 0 aliphatic carbocycles. The molecule has 0 aliphatic rings. The van der Waals surface area contributed by atoms with E-state index in [1.165, 1.54) is 18.2 Å². The van der Waals surface area contributed by atoms with Gasteiger partial charge >= 0.3 is 0 Å². The van der Waals surface area contributed by atoms with Crippen LogP contribution in [0.25, 0.3) is 0 Å². The number of halogens is 1. The van der Waals surface area contributed by atoms with Crippen molar-refractivity contribution in [3.63, 3.8) is 0 Å². The zero-order valence-electron chi connectivity index (χ0n) is 10.6. The molecule has 5 nitrogen and oxygen atoms in total. The molecule has 1 rings (SSSR count). The Balaban J connectivity index is 3.32. The highest BCUT2D eigenvalue weighted by molar-refractivity contribution is 7.89. The Labute approximate surface area is 118 Å². The highest BCUT2D eigenvalue weighted by Gasteiger charge is 2.25. The van der Waals surface area contributed by atoms with Gasteiger partial charge in [0.2, 0.25) is 10.0 Å². The molecule has 1 aromatic carbocycles. The van der Waals surface area contributed by atoms with E-state index in [0.717, 1.165) is 4.31 Å². The summed E-state index contributed by atoms with van der Waals surface area (Å²) >= 11 is 5.85. The summed E-state index contributed by atoms with van der Waals surface area (Å²) in [6.07, 6.45) is 1.46. The average Bonchev–Trinajstić information content (AvgIpc) is 2.33. The van der Waals surface area contributed by atoms with Gasteiger partial charge in [0, 0.05) is 13.1 Å². The van der Waals surface area contributed by atoms with Crippen LogP contribution in [0.3, 0.4) is 0 Å². The largest absolute Gasteiger partial charge is 0.397 e. The molecule has 0 aliphatic heterocycles. The molecule has 0 fully saturated rings. The van der Waals surface area contributed by atoms with Crippen molar-refractivity contribution in [3.05, 3.63) is 35.4 Å². The number of nitrogens with zero attached hydrogens (tertiary/aromatic N) is 1. The maximum absolute atomic E-state index is 12.5. The van der Waals surface area contributed by atoms with Gasteiger partial charge in [-0.2, -0.15) is 4.31 Å². The standard InChI is InChI=1S/C12H17ClN2O3S/c1-3-4-15(5-6-16)19(17,18)12-8-11(14)10(13)7-9(12)2/h3,7-8,16H,1,4-6,14H2,2H3. The predicted octanol–water partition coefficient (Wildman–Crippen LogP) is 1.40. The lowest BCUT2D eigenvalue weighted by Gasteiger charge is -2.21. The van der Waals surface area contributed by atoms with Gasteiger partial charge in [-0.15, -0.1) is 6.58 Å². The summed E-state index contributed by atoms with van der Waals surface area (Å²) < 4.78 is 26.1. The molecular weight excluding hydrogens is 288 g/mol. The molecule has 0 spiro atoms. The Morgan fingerprint density at radius 3 is 2.68 bits per heavy atom. The predicted molar refractivity (Wildman–Crippen MR) is 76.6 cm³/mol. The van der Waals surface area contributed by atoms with Gasteiger partial charge in [-0.3, -0.25) is 0 Å². The third-order valence-electron chi connectivity index (χ3n) is 2.59. The van der Waals surface area contributed by atoms with Gasteiger partial charge < -0.3 is 10.8 Å². The van der Waals surface area contributed by atoms with Crippen LogP contribution in [0.5, 0.6) is 0 Å². The van der Waals surface area contributed by atoms with Crippen molar-refractivity contribution >= 4 is 27.3 Å². The van der Waals surface area contributed by atoms with Gasteiger partial charge in [-0.25, -0.2) is 8.42 Å². The first kappa shape index (κ1) is 16.0. The number of sulfonamides is 1. The quantitative estimate of drug-likeness (QED) is 0.614. The van der Waals surface area contributed by atoms with Crippen LogP contribution in [0.1, 0.15) is 5.56 Å². The van der Waals surface area contributed by atoms with Crippen LogP contribution in [0.15, 0.2) is 29.7 Å². The Morgan fingerprint density at radius 2 is 2.16 bits per heavy atom. The summed E-state index contributed by atoms with van der Waals surface area (Å²) in [6, 6.07) is 2.84. The first-order chi connectivity index (χ1) is 8.84. The second-order valence-corrected chi connectivity index (χ2v) is 6.33. The first-order valence-corrected chi connectivity index (χ1v) is 7.44. The lowest BCUT2D eigenvalue weighted by Crippen LogP contribution is -2.34. The van der Waals surface area contributed by atoms with Crippen molar-refractivity contribution in [2.75, 3.05) is 25.4 Å². The van der Waals surface area contributed by atoms with Crippen LogP contribution < -0.4 is 5.73 Å². The minimum atomic E-state index is -3.73. The molecule has 0 radical (unpaired) electrons. The molecule has 0 amide bonds. The number of hydrogen-bond donors (Lipinski definition) is 2. The molecule has 0 saturated carbocycles. The summed E-state index contributed by atoms with van der Waals surface area (Å²) in [4.78, 5) is 0.0877. The van der Waals surface area contributed by atoms with Crippen molar-refractivity contribution in [1.29, 1.82) is 0 Å². The van der Waals surface area contributed by atoms with Crippen LogP contribution >= 0.6 is 11.6 Å². The third-order valence-corrected chi connectivity index (χ3v) is 4.93. The Morgan fingerprint density at radius 1 is 1.53 bits per heavy atom. The fourth-order valence-corrected chi connectivity index (χ4v) is 3.51. The number of aliphatic hydroxyl groups excluding tert-OH is 1. The summed E-state index contributed by atoms with van der Waals surface area (Å²) in [7, 11) is -3.73. The van der Waals surface area contributed by atoms with Crippen molar-refractivity contribution in [2.45, 2.75) is 11.8 Å². The minimum absolute atomic E-state index is 0.00365. The van der Waals surface area contributed by atoms with E-state index in [4.69, 9.17) is 22.4 Å². The van der Waals surface area contributed by atoms with Crippen molar-refractivity contribution < 1.29 is 13.5 Å². The number of rotatable bonds is 6. The zero-order valence-corrected chi connectivity index (χ0v) is 12.2. The number of nitrogen functional groups attached to an aromatic ring is 1. The third kappa shape index (κ3) is 3.48. The van der Waals surface area contributed by atoms with Crippen molar-refractivity contribution in [1.82, 2.24) is 4.31 Å². The van der Waals surface area contributed by atoms with Gasteiger partial charge in [0.15, 0.2) is 0 Å². The fraction of sp³-hybridized carbons (Fsp3) is 0.333. The molecule has 19 heavy (non-hydrogen) atoms. The topological polar surface area (TPSA) is 83.6 Å². The second kappa shape index (κ2) is 6.38. The van der Waals surface area contributed by atoms with E-state index in [2.05, 4.69) is 6.58 Å². The van der Waals surface area contributed by atoms with Gasteiger partial charge in [-0.05, 0) is 24.6 Å². The highest BCUT2D eigenvalue weighted by Crippen LogP contribution is 2.28. The van der Waals surface area contributed by atoms with Crippen LogP contribution in [0, 0.1) is 6.92 Å². The van der Waals surface area contributed by atoms with E-state index in [1.807, 2.05) is 0 Å². The maximum atomic E-state index is 12.5. The van der Waals surface area contributed by atoms with E-state index < -0.39 is 10.0 Å². The van der Waals surface area contributed by atoms with Crippen LogP contribution in [-0.4, -0.2) is 37.5 Å². The lowest BCUT2D eigenvalue weighted by molar-refractivity contribution is 0.260. The molecule has 3 N–H and O–H groups in total. The molecular formula is C12H17ClN2O3S. The molecule has 0 saturated heterocycles. The number of anilines is 1. The number of aryl methyl sites for hydroxylation is 1. The Bertz CT molecular complexity index is 573. The molecule has 0 bridgehead atoms. The number of nitrogens with two attached hydrogens (primary N) is 1. The normalized spacial score (nSPS) is 11.8.